The Bertz CT molecular complexity index is 743. The van der Waals surface area contributed by atoms with Crippen molar-refractivity contribution in [3.05, 3.63) is 35.9 Å². The van der Waals surface area contributed by atoms with E-state index in [0.717, 1.165) is 24.3 Å². The molecule has 150 valence electrons. The Kier molecular flexibility index (Phi) is 3.78. The summed E-state index contributed by atoms with van der Waals surface area (Å²) in [6.07, 6.45) is 9.21. The second kappa shape index (κ2) is 6.06. The minimum absolute atomic E-state index is 0.0463. The normalized spacial score (nSPS) is 46.4. The van der Waals surface area contributed by atoms with Crippen molar-refractivity contribution in [3.8, 4) is 0 Å². The average molecular weight is 381 g/mol. The van der Waals surface area contributed by atoms with E-state index in [4.69, 9.17) is 4.74 Å². The molecule has 1 aromatic rings. The summed E-state index contributed by atoms with van der Waals surface area (Å²) in [5.74, 6) is 3.14. The number of amides is 1. The number of benzene rings is 1. The number of ether oxygens (including phenoxy) is 1. The lowest BCUT2D eigenvalue weighted by atomic mass is 9.49. The van der Waals surface area contributed by atoms with Gasteiger partial charge in [0, 0.05) is 13.0 Å². The van der Waals surface area contributed by atoms with E-state index in [-0.39, 0.29) is 18.0 Å². The zero-order valence-electron chi connectivity index (χ0n) is 16.9. The van der Waals surface area contributed by atoms with E-state index < -0.39 is 5.72 Å². The number of carbonyl (C=O) groups excluding carboxylic acids is 1. The molecule has 6 aliphatic rings. The van der Waals surface area contributed by atoms with Crippen LogP contribution in [0.25, 0.3) is 0 Å². The zero-order chi connectivity index (χ0) is 18.9. The Morgan fingerprint density at radius 1 is 1.07 bits per heavy atom. The smallest absolute Gasteiger partial charge is 0.227 e. The summed E-state index contributed by atoms with van der Waals surface area (Å²) in [5.41, 5.74) is 1.15. The SMILES string of the molecule is C[C@]12OC[C@H](c3ccccc3)N1C(=O)C[C@H]2NCC12CC3CC(CC(C3)C1)C2. The van der Waals surface area contributed by atoms with Gasteiger partial charge in [-0.2, -0.15) is 0 Å². The molecule has 28 heavy (non-hydrogen) atoms. The summed E-state index contributed by atoms with van der Waals surface area (Å²) in [6, 6.07) is 10.5. The molecule has 4 saturated carbocycles. The number of rotatable bonds is 4. The number of fused-ring (bicyclic) bond motifs is 1. The summed E-state index contributed by atoms with van der Waals surface area (Å²) < 4.78 is 6.33. The van der Waals surface area contributed by atoms with Gasteiger partial charge in [0.1, 0.15) is 0 Å². The molecule has 0 spiro atoms. The molecule has 2 heterocycles. The van der Waals surface area contributed by atoms with Crippen molar-refractivity contribution in [1.29, 1.82) is 0 Å². The van der Waals surface area contributed by atoms with E-state index in [2.05, 4.69) is 24.4 Å². The Morgan fingerprint density at radius 3 is 2.36 bits per heavy atom. The summed E-state index contributed by atoms with van der Waals surface area (Å²) in [7, 11) is 0. The van der Waals surface area contributed by atoms with Crippen molar-refractivity contribution >= 4 is 5.91 Å². The van der Waals surface area contributed by atoms with Crippen molar-refractivity contribution in [2.24, 2.45) is 23.2 Å². The maximum absolute atomic E-state index is 13.0. The van der Waals surface area contributed by atoms with Crippen molar-refractivity contribution in [1.82, 2.24) is 10.2 Å². The summed E-state index contributed by atoms with van der Waals surface area (Å²) in [5, 5.41) is 3.87. The van der Waals surface area contributed by atoms with Crippen LogP contribution in [0.1, 0.15) is 63.5 Å². The maximum atomic E-state index is 13.0. The molecule has 0 aromatic heterocycles. The van der Waals surface area contributed by atoms with E-state index in [9.17, 15) is 4.79 Å². The number of hydrogen-bond acceptors (Lipinski definition) is 3. The minimum Gasteiger partial charge on any atom is -0.352 e. The molecule has 4 nitrogen and oxygen atoms in total. The monoisotopic (exact) mass is 380 g/mol. The number of hydrogen-bond donors (Lipinski definition) is 1. The van der Waals surface area contributed by atoms with Crippen LogP contribution in [0.2, 0.25) is 0 Å². The van der Waals surface area contributed by atoms with Gasteiger partial charge < -0.3 is 15.0 Å². The first-order valence-corrected chi connectivity index (χ1v) is 11.3. The number of carbonyl (C=O) groups is 1. The predicted molar refractivity (Wildman–Crippen MR) is 107 cm³/mol. The third kappa shape index (κ3) is 2.53. The maximum Gasteiger partial charge on any atom is 0.227 e. The van der Waals surface area contributed by atoms with E-state index in [1.54, 1.807) is 0 Å². The van der Waals surface area contributed by atoms with Crippen LogP contribution in [0.15, 0.2) is 30.3 Å². The van der Waals surface area contributed by atoms with Gasteiger partial charge >= 0.3 is 0 Å². The molecule has 1 aromatic carbocycles. The summed E-state index contributed by atoms with van der Waals surface area (Å²) in [6.45, 7) is 3.79. The first-order valence-electron chi connectivity index (χ1n) is 11.3. The van der Waals surface area contributed by atoms with Gasteiger partial charge in [0.05, 0.1) is 18.7 Å². The summed E-state index contributed by atoms with van der Waals surface area (Å²) in [4.78, 5) is 15.0. The minimum atomic E-state index is -0.514. The second-order valence-electron chi connectivity index (χ2n) is 10.6. The van der Waals surface area contributed by atoms with Crippen molar-refractivity contribution in [2.45, 2.75) is 69.7 Å². The van der Waals surface area contributed by atoms with Crippen LogP contribution in [0.4, 0.5) is 0 Å². The van der Waals surface area contributed by atoms with E-state index in [0.29, 0.717) is 18.4 Å². The molecule has 0 radical (unpaired) electrons. The number of nitrogens with zero attached hydrogens (tertiary/aromatic N) is 1. The number of nitrogens with one attached hydrogen (secondary N) is 1. The molecule has 6 fully saturated rings. The fourth-order valence-electron chi connectivity index (χ4n) is 7.88. The first-order chi connectivity index (χ1) is 13.5. The lowest BCUT2D eigenvalue weighted by Gasteiger charge is -2.57. The molecular weight excluding hydrogens is 348 g/mol. The molecule has 4 aliphatic carbocycles. The van der Waals surface area contributed by atoms with Gasteiger partial charge in [0.2, 0.25) is 5.91 Å². The quantitative estimate of drug-likeness (QED) is 0.862. The summed E-state index contributed by atoms with van der Waals surface area (Å²) >= 11 is 0. The van der Waals surface area contributed by atoms with Gasteiger partial charge in [-0.1, -0.05) is 30.3 Å². The van der Waals surface area contributed by atoms with Gasteiger partial charge in [0.15, 0.2) is 5.72 Å². The Balaban J connectivity index is 1.19. The molecule has 2 aliphatic heterocycles. The van der Waals surface area contributed by atoms with Crippen molar-refractivity contribution < 1.29 is 9.53 Å². The molecule has 4 bridgehead atoms. The van der Waals surface area contributed by atoms with Gasteiger partial charge in [-0.3, -0.25) is 4.79 Å². The topological polar surface area (TPSA) is 41.6 Å². The van der Waals surface area contributed by atoms with Crippen molar-refractivity contribution in [2.75, 3.05) is 13.2 Å². The van der Waals surface area contributed by atoms with Crippen LogP contribution in [0.5, 0.6) is 0 Å². The highest BCUT2D eigenvalue weighted by molar-refractivity contribution is 5.81. The third-order valence-corrected chi connectivity index (χ3v) is 8.69. The first kappa shape index (κ1) is 17.5. The standard InChI is InChI=1S/C24H32N2O2/c1-23-21(25-15-24-11-16-7-17(12-24)9-18(8-16)13-24)10-22(27)26(23)20(14-28-23)19-5-3-2-4-6-19/h2-6,16-18,20-21,25H,7-15H2,1H3/t16?,17?,18?,20-,21-,23-,24?/m1/s1. The van der Waals surface area contributed by atoms with Gasteiger partial charge in [-0.25, -0.2) is 0 Å². The highest BCUT2D eigenvalue weighted by Gasteiger charge is 2.58. The fourth-order valence-corrected chi connectivity index (χ4v) is 7.88. The second-order valence-corrected chi connectivity index (χ2v) is 10.6. The van der Waals surface area contributed by atoms with Crippen LogP contribution < -0.4 is 5.32 Å². The van der Waals surface area contributed by atoms with Crippen LogP contribution in [-0.4, -0.2) is 35.7 Å². The molecule has 2 saturated heterocycles. The van der Waals surface area contributed by atoms with E-state index >= 15 is 0 Å². The highest BCUT2D eigenvalue weighted by atomic mass is 16.5. The highest BCUT2D eigenvalue weighted by Crippen LogP contribution is 2.60. The Morgan fingerprint density at radius 2 is 1.71 bits per heavy atom. The van der Waals surface area contributed by atoms with Crippen LogP contribution in [-0.2, 0) is 9.53 Å². The fraction of sp³-hybridized carbons (Fsp3) is 0.708. The largest absolute Gasteiger partial charge is 0.352 e. The van der Waals surface area contributed by atoms with E-state index in [1.807, 2.05) is 23.1 Å². The van der Waals surface area contributed by atoms with E-state index in [1.165, 1.54) is 44.1 Å². The molecule has 1 amide bonds. The van der Waals surface area contributed by atoms with Crippen LogP contribution >= 0.6 is 0 Å². The molecule has 7 rings (SSSR count). The molecule has 4 heteroatoms. The lowest BCUT2D eigenvalue weighted by Crippen LogP contribution is -2.56. The van der Waals surface area contributed by atoms with Crippen molar-refractivity contribution in [3.63, 3.8) is 0 Å². The lowest BCUT2D eigenvalue weighted by molar-refractivity contribution is -0.137. The Labute approximate surface area is 168 Å². The molecule has 0 unspecified atom stereocenters. The molecular formula is C24H32N2O2. The van der Waals surface area contributed by atoms with Gasteiger partial charge in [0.25, 0.3) is 0 Å². The van der Waals surface area contributed by atoms with Crippen LogP contribution in [0.3, 0.4) is 0 Å². The average Bonchev–Trinajstić information content (AvgIpc) is 3.14. The molecule has 1 N–H and O–H groups in total. The van der Waals surface area contributed by atoms with Gasteiger partial charge in [-0.05, 0) is 74.2 Å². The zero-order valence-corrected chi connectivity index (χ0v) is 16.9. The van der Waals surface area contributed by atoms with Gasteiger partial charge in [-0.15, -0.1) is 0 Å². The third-order valence-electron chi connectivity index (χ3n) is 8.69. The van der Waals surface area contributed by atoms with Crippen LogP contribution in [0, 0.1) is 23.2 Å². The predicted octanol–water partition coefficient (Wildman–Crippen LogP) is 3.88. The Hall–Kier alpha value is -1.39. The molecule has 3 atom stereocenters.